The zero-order valence-electron chi connectivity index (χ0n) is 10.3. The van der Waals surface area contributed by atoms with Crippen LogP contribution in [0.25, 0.3) is 0 Å². The van der Waals surface area contributed by atoms with E-state index >= 15 is 0 Å². The fourth-order valence-electron chi connectivity index (χ4n) is 2.02. The van der Waals surface area contributed by atoms with E-state index in [0.717, 1.165) is 18.4 Å². The molecule has 1 aliphatic rings. The number of nitrogens with one attached hydrogen (secondary N) is 2. The van der Waals surface area contributed by atoms with Gasteiger partial charge in [0.15, 0.2) is 0 Å². The molecule has 0 radical (unpaired) electrons. The first-order valence-electron chi connectivity index (χ1n) is 6.19. The quantitative estimate of drug-likeness (QED) is 0.657. The molecule has 2 rings (SSSR count). The molecule has 1 amide bonds. The van der Waals surface area contributed by atoms with Crippen molar-refractivity contribution in [2.45, 2.75) is 31.5 Å². The van der Waals surface area contributed by atoms with Crippen LogP contribution in [-0.4, -0.2) is 24.5 Å². The highest BCUT2D eigenvalue weighted by Crippen LogP contribution is 2.08. The maximum atomic E-state index is 11.0. The number of hydrogen-bond donors (Lipinski definition) is 3. The van der Waals surface area contributed by atoms with Gasteiger partial charge in [-0.15, -0.1) is 0 Å². The summed E-state index contributed by atoms with van der Waals surface area (Å²) in [6.07, 6.45) is 1.64. The number of nitrogens with two attached hydrogens (primary N) is 1. The van der Waals surface area contributed by atoms with Crippen LogP contribution in [0.2, 0.25) is 0 Å². The van der Waals surface area contributed by atoms with Gasteiger partial charge in [-0.1, -0.05) is 30.3 Å². The number of carbonyl (C=O) groups excluding carboxylic acids is 1. The number of amides is 1. The Morgan fingerprint density at radius 3 is 2.78 bits per heavy atom. The first kappa shape index (κ1) is 13.0. The molecule has 1 fully saturated rings. The average Bonchev–Trinajstić information content (AvgIpc) is 2.40. The van der Waals surface area contributed by atoms with Crippen LogP contribution in [0.15, 0.2) is 30.3 Å². The summed E-state index contributed by atoms with van der Waals surface area (Å²) in [6, 6.07) is 10.0. The molecule has 1 heterocycles. The minimum Gasteiger partial charge on any atom is -0.368 e. The number of rotatable bonds is 5. The Bertz CT molecular complexity index is 375. The van der Waals surface area contributed by atoms with Crippen LogP contribution < -0.4 is 16.5 Å². The summed E-state index contributed by atoms with van der Waals surface area (Å²) in [6.45, 7) is 1.24. The van der Waals surface area contributed by atoms with Crippen LogP contribution in [0.3, 0.4) is 0 Å². The van der Waals surface area contributed by atoms with Gasteiger partial charge in [-0.05, 0) is 18.4 Å². The standard InChI is InChI=1S/C13H19N3O2/c14-13(17)12-7-6-11(8-15-12)16-18-9-10-4-2-1-3-5-10/h1-5,11-12,15-16H,6-9H2,(H2,14,17)/t11-,12?/m1/s1. The molecule has 2 atom stereocenters. The first-order chi connectivity index (χ1) is 8.75. The topological polar surface area (TPSA) is 76.4 Å². The molecule has 0 spiro atoms. The Kier molecular flexibility index (Phi) is 4.69. The molecule has 98 valence electrons. The number of primary amides is 1. The molecule has 4 N–H and O–H groups in total. The van der Waals surface area contributed by atoms with Gasteiger partial charge in [-0.3, -0.25) is 9.63 Å². The maximum absolute atomic E-state index is 11.0. The van der Waals surface area contributed by atoms with Crippen LogP contribution in [-0.2, 0) is 16.2 Å². The van der Waals surface area contributed by atoms with Gasteiger partial charge in [0.25, 0.3) is 0 Å². The fourth-order valence-corrected chi connectivity index (χ4v) is 2.02. The molecular weight excluding hydrogens is 230 g/mol. The Hall–Kier alpha value is -1.43. The van der Waals surface area contributed by atoms with E-state index in [1.54, 1.807) is 0 Å². The summed E-state index contributed by atoms with van der Waals surface area (Å²) in [5, 5.41) is 3.10. The van der Waals surface area contributed by atoms with Crippen LogP contribution in [0.4, 0.5) is 0 Å². The molecular formula is C13H19N3O2. The molecule has 5 heteroatoms. The van der Waals surface area contributed by atoms with E-state index < -0.39 is 0 Å². The van der Waals surface area contributed by atoms with Crippen molar-refractivity contribution in [2.24, 2.45) is 5.73 Å². The van der Waals surface area contributed by atoms with Crippen molar-refractivity contribution in [3.63, 3.8) is 0 Å². The lowest BCUT2D eigenvalue weighted by Gasteiger charge is -2.28. The first-order valence-corrected chi connectivity index (χ1v) is 6.19. The zero-order chi connectivity index (χ0) is 12.8. The van der Waals surface area contributed by atoms with Gasteiger partial charge in [-0.25, -0.2) is 0 Å². The van der Waals surface area contributed by atoms with E-state index in [-0.39, 0.29) is 18.0 Å². The summed E-state index contributed by atoms with van der Waals surface area (Å²) in [5.74, 6) is -0.279. The van der Waals surface area contributed by atoms with Crippen molar-refractivity contribution in [3.8, 4) is 0 Å². The molecule has 0 aliphatic carbocycles. The number of benzene rings is 1. The highest BCUT2D eigenvalue weighted by Gasteiger charge is 2.23. The smallest absolute Gasteiger partial charge is 0.234 e. The largest absolute Gasteiger partial charge is 0.368 e. The van der Waals surface area contributed by atoms with E-state index in [4.69, 9.17) is 10.6 Å². The highest BCUT2D eigenvalue weighted by molar-refractivity contribution is 5.79. The predicted octanol–water partition coefficient (Wildman–Crippen LogP) is 0.314. The van der Waals surface area contributed by atoms with E-state index in [2.05, 4.69) is 10.8 Å². The van der Waals surface area contributed by atoms with E-state index in [9.17, 15) is 4.79 Å². The Balaban J connectivity index is 1.65. The Morgan fingerprint density at radius 2 is 2.17 bits per heavy atom. The highest BCUT2D eigenvalue weighted by atomic mass is 16.6. The number of piperidine rings is 1. The maximum Gasteiger partial charge on any atom is 0.234 e. The summed E-state index contributed by atoms with van der Waals surface area (Å²) in [4.78, 5) is 16.4. The molecule has 0 bridgehead atoms. The monoisotopic (exact) mass is 249 g/mol. The second-order valence-electron chi connectivity index (χ2n) is 4.53. The predicted molar refractivity (Wildman–Crippen MR) is 68.4 cm³/mol. The Labute approximate surface area is 107 Å². The molecule has 1 aromatic carbocycles. The minimum absolute atomic E-state index is 0.197. The van der Waals surface area contributed by atoms with Gasteiger partial charge >= 0.3 is 0 Å². The fraction of sp³-hybridized carbons (Fsp3) is 0.462. The summed E-state index contributed by atoms with van der Waals surface area (Å²) in [5.41, 5.74) is 9.38. The van der Waals surface area contributed by atoms with Crippen molar-refractivity contribution >= 4 is 5.91 Å². The van der Waals surface area contributed by atoms with Crippen LogP contribution >= 0.6 is 0 Å². The van der Waals surface area contributed by atoms with Crippen LogP contribution in [0.5, 0.6) is 0 Å². The van der Waals surface area contributed by atoms with Gasteiger partial charge in [0.2, 0.25) is 5.91 Å². The van der Waals surface area contributed by atoms with Crippen molar-refractivity contribution in [3.05, 3.63) is 35.9 Å². The van der Waals surface area contributed by atoms with Crippen molar-refractivity contribution in [1.82, 2.24) is 10.8 Å². The minimum atomic E-state index is -0.279. The lowest BCUT2D eigenvalue weighted by Crippen LogP contribution is -2.52. The average molecular weight is 249 g/mol. The van der Waals surface area contributed by atoms with Gasteiger partial charge in [0.05, 0.1) is 12.6 Å². The molecule has 1 aliphatic heterocycles. The third-order valence-corrected chi connectivity index (χ3v) is 3.09. The second-order valence-corrected chi connectivity index (χ2v) is 4.53. The van der Waals surface area contributed by atoms with Gasteiger partial charge in [0, 0.05) is 12.6 Å². The zero-order valence-corrected chi connectivity index (χ0v) is 10.3. The van der Waals surface area contributed by atoms with Crippen molar-refractivity contribution < 1.29 is 9.63 Å². The second kappa shape index (κ2) is 6.49. The van der Waals surface area contributed by atoms with Gasteiger partial charge < -0.3 is 11.1 Å². The third kappa shape index (κ3) is 3.80. The van der Waals surface area contributed by atoms with Crippen LogP contribution in [0, 0.1) is 0 Å². The summed E-state index contributed by atoms with van der Waals surface area (Å²) < 4.78 is 0. The van der Waals surface area contributed by atoms with E-state index in [1.165, 1.54) is 0 Å². The Morgan fingerprint density at radius 1 is 1.39 bits per heavy atom. The number of hydrogen-bond acceptors (Lipinski definition) is 4. The summed E-state index contributed by atoms with van der Waals surface area (Å²) >= 11 is 0. The number of carbonyl (C=O) groups is 1. The lowest BCUT2D eigenvalue weighted by atomic mass is 10.0. The van der Waals surface area contributed by atoms with E-state index in [1.807, 2.05) is 30.3 Å². The number of hydroxylamine groups is 1. The van der Waals surface area contributed by atoms with Crippen molar-refractivity contribution in [1.29, 1.82) is 0 Å². The molecule has 1 saturated heterocycles. The van der Waals surface area contributed by atoms with Crippen LogP contribution in [0.1, 0.15) is 18.4 Å². The molecule has 5 nitrogen and oxygen atoms in total. The van der Waals surface area contributed by atoms with Gasteiger partial charge in [0.1, 0.15) is 0 Å². The molecule has 1 unspecified atom stereocenters. The normalized spacial score (nSPS) is 23.8. The van der Waals surface area contributed by atoms with E-state index in [0.29, 0.717) is 13.2 Å². The molecule has 0 saturated carbocycles. The summed E-state index contributed by atoms with van der Waals surface area (Å²) in [7, 11) is 0. The third-order valence-electron chi connectivity index (χ3n) is 3.09. The molecule has 0 aromatic heterocycles. The molecule has 1 aromatic rings. The lowest BCUT2D eigenvalue weighted by molar-refractivity contribution is -0.120. The molecule has 18 heavy (non-hydrogen) atoms. The SMILES string of the molecule is NC(=O)C1CC[C@@H](NOCc2ccccc2)CN1. The van der Waals surface area contributed by atoms with Crippen molar-refractivity contribution in [2.75, 3.05) is 6.54 Å². The van der Waals surface area contributed by atoms with Gasteiger partial charge in [-0.2, -0.15) is 5.48 Å².